The SMILES string of the molecule is C[C@@H](OC(=O)c1ccc2c(c1)CCC2)C(=O)Nc1ccccc1. The van der Waals surface area contributed by atoms with Gasteiger partial charge < -0.3 is 10.1 Å². The van der Waals surface area contributed by atoms with Crippen LogP contribution in [0, 0.1) is 0 Å². The normalized spacial score (nSPS) is 14.0. The number of nitrogens with one attached hydrogen (secondary N) is 1. The van der Waals surface area contributed by atoms with Crippen molar-refractivity contribution in [2.75, 3.05) is 5.32 Å². The lowest BCUT2D eigenvalue weighted by Gasteiger charge is -2.14. The molecule has 4 nitrogen and oxygen atoms in total. The summed E-state index contributed by atoms with van der Waals surface area (Å²) < 4.78 is 5.28. The third kappa shape index (κ3) is 3.59. The van der Waals surface area contributed by atoms with Gasteiger partial charge in [0.25, 0.3) is 5.91 Å². The first-order valence-electron chi connectivity index (χ1n) is 7.82. The predicted molar refractivity (Wildman–Crippen MR) is 88.4 cm³/mol. The lowest BCUT2D eigenvalue weighted by molar-refractivity contribution is -0.123. The van der Waals surface area contributed by atoms with Gasteiger partial charge in [-0.25, -0.2) is 4.79 Å². The van der Waals surface area contributed by atoms with Crippen molar-refractivity contribution in [3.05, 3.63) is 65.2 Å². The zero-order valence-electron chi connectivity index (χ0n) is 13.0. The minimum Gasteiger partial charge on any atom is -0.449 e. The van der Waals surface area contributed by atoms with Crippen LogP contribution in [-0.2, 0) is 22.4 Å². The van der Waals surface area contributed by atoms with Gasteiger partial charge in [0, 0.05) is 5.69 Å². The molecule has 0 fully saturated rings. The summed E-state index contributed by atoms with van der Waals surface area (Å²) in [5.41, 5.74) is 3.69. The first-order chi connectivity index (χ1) is 11.1. The van der Waals surface area contributed by atoms with Crippen LogP contribution in [0.1, 0.15) is 34.8 Å². The molecule has 0 unspecified atom stereocenters. The van der Waals surface area contributed by atoms with Crippen molar-refractivity contribution in [1.82, 2.24) is 0 Å². The van der Waals surface area contributed by atoms with Gasteiger partial charge in [-0.1, -0.05) is 24.3 Å². The van der Waals surface area contributed by atoms with E-state index in [2.05, 4.69) is 5.32 Å². The van der Waals surface area contributed by atoms with Crippen molar-refractivity contribution < 1.29 is 14.3 Å². The Balaban J connectivity index is 1.62. The number of rotatable bonds is 4. The molecule has 3 rings (SSSR count). The number of para-hydroxylation sites is 1. The Kier molecular flexibility index (Phi) is 4.42. The molecule has 23 heavy (non-hydrogen) atoms. The molecule has 0 aromatic heterocycles. The van der Waals surface area contributed by atoms with Crippen molar-refractivity contribution in [3.8, 4) is 0 Å². The summed E-state index contributed by atoms with van der Waals surface area (Å²) in [7, 11) is 0. The van der Waals surface area contributed by atoms with Gasteiger partial charge in [-0.05, 0) is 61.6 Å². The summed E-state index contributed by atoms with van der Waals surface area (Å²) in [4.78, 5) is 24.3. The summed E-state index contributed by atoms with van der Waals surface area (Å²) in [6, 6.07) is 14.7. The molecule has 0 radical (unpaired) electrons. The number of ether oxygens (including phenoxy) is 1. The fraction of sp³-hybridized carbons (Fsp3) is 0.263. The number of aryl methyl sites for hydroxylation is 2. The fourth-order valence-corrected chi connectivity index (χ4v) is 2.75. The Morgan fingerprint density at radius 1 is 1.04 bits per heavy atom. The van der Waals surface area contributed by atoms with Crippen LogP contribution in [0.2, 0.25) is 0 Å². The van der Waals surface area contributed by atoms with E-state index < -0.39 is 12.1 Å². The maximum absolute atomic E-state index is 12.2. The molecular weight excluding hydrogens is 290 g/mol. The molecule has 1 aliphatic carbocycles. The molecule has 0 bridgehead atoms. The summed E-state index contributed by atoms with van der Waals surface area (Å²) in [5, 5.41) is 2.72. The molecule has 2 aromatic carbocycles. The van der Waals surface area contributed by atoms with Crippen LogP contribution in [0.4, 0.5) is 5.69 Å². The topological polar surface area (TPSA) is 55.4 Å². The Bertz CT molecular complexity index is 725. The van der Waals surface area contributed by atoms with Gasteiger partial charge in [-0.3, -0.25) is 4.79 Å². The third-order valence-electron chi connectivity index (χ3n) is 4.03. The largest absolute Gasteiger partial charge is 0.449 e. The van der Waals surface area contributed by atoms with Gasteiger partial charge in [0.15, 0.2) is 6.10 Å². The Hall–Kier alpha value is -2.62. The highest BCUT2D eigenvalue weighted by molar-refractivity contribution is 5.97. The number of anilines is 1. The summed E-state index contributed by atoms with van der Waals surface area (Å²) >= 11 is 0. The van der Waals surface area contributed by atoms with Crippen molar-refractivity contribution in [2.24, 2.45) is 0 Å². The number of fused-ring (bicyclic) bond motifs is 1. The monoisotopic (exact) mass is 309 g/mol. The zero-order valence-corrected chi connectivity index (χ0v) is 13.0. The fourth-order valence-electron chi connectivity index (χ4n) is 2.75. The minimum absolute atomic E-state index is 0.342. The summed E-state index contributed by atoms with van der Waals surface area (Å²) in [5.74, 6) is -0.805. The van der Waals surface area contributed by atoms with Crippen molar-refractivity contribution in [1.29, 1.82) is 0 Å². The van der Waals surface area contributed by atoms with Crippen LogP contribution < -0.4 is 5.32 Å². The van der Waals surface area contributed by atoms with Gasteiger partial charge in [0.05, 0.1) is 5.56 Å². The van der Waals surface area contributed by atoms with Gasteiger partial charge in [-0.2, -0.15) is 0 Å². The highest BCUT2D eigenvalue weighted by Gasteiger charge is 2.20. The van der Waals surface area contributed by atoms with Gasteiger partial charge in [-0.15, -0.1) is 0 Å². The highest BCUT2D eigenvalue weighted by atomic mass is 16.5. The quantitative estimate of drug-likeness (QED) is 0.881. The molecule has 4 heteroatoms. The molecule has 1 N–H and O–H groups in total. The van der Waals surface area contributed by atoms with Crippen molar-refractivity contribution in [3.63, 3.8) is 0 Å². The Morgan fingerprint density at radius 2 is 1.78 bits per heavy atom. The van der Waals surface area contributed by atoms with Crippen molar-refractivity contribution >= 4 is 17.6 Å². The van der Waals surface area contributed by atoms with Crippen LogP contribution in [0.15, 0.2) is 48.5 Å². The molecule has 0 aliphatic heterocycles. The third-order valence-corrected chi connectivity index (χ3v) is 4.03. The molecule has 0 saturated carbocycles. The summed E-state index contributed by atoms with van der Waals surface area (Å²) in [6.45, 7) is 1.57. The molecule has 1 aliphatic rings. The summed E-state index contributed by atoms with van der Waals surface area (Å²) in [6.07, 6.45) is 2.35. The lowest BCUT2D eigenvalue weighted by atomic mass is 10.1. The maximum atomic E-state index is 12.2. The van der Waals surface area contributed by atoms with E-state index in [0.29, 0.717) is 11.3 Å². The average Bonchev–Trinajstić information content (AvgIpc) is 3.03. The van der Waals surface area contributed by atoms with Crippen LogP contribution in [0.25, 0.3) is 0 Å². The van der Waals surface area contributed by atoms with E-state index in [-0.39, 0.29) is 5.91 Å². The molecule has 2 aromatic rings. The van der Waals surface area contributed by atoms with Crippen molar-refractivity contribution in [2.45, 2.75) is 32.3 Å². The van der Waals surface area contributed by atoms with Crippen LogP contribution in [0.3, 0.4) is 0 Å². The average molecular weight is 309 g/mol. The minimum atomic E-state index is -0.851. The van der Waals surface area contributed by atoms with Crippen LogP contribution >= 0.6 is 0 Å². The Labute approximate surface area is 135 Å². The number of amides is 1. The van der Waals surface area contributed by atoms with E-state index in [1.165, 1.54) is 11.1 Å². The van der Waals surface area contributed by atoms with Crippen LogP contribution in [0.5, 0.6) is 0 Å². The predicted octanol–water partition coefficient (Wildman–Crippen LogP) is 3.36. The molecule has 0 spiro atoms. The second-order valence-corrected chi connectivity index (χ2v) is 5.74. The second kappa shape index (κ2) is 6.65. The molecule has 0 saturated heterocycles. The zero-order chi connectivity index (χ0) is 16.2. The second-order valence-electron chi connectivity index (χ2n) is 5.74. The number of carbonyl (C=O) groups excluding carboxylic acids is 2. The molecule has 118 valence electrons. The van der Waals surface area contributed by atoms with E-state index in [4.69, 9.17) is 4.74 Å². The number of esters is 1. The number of hydrogen-bond donors (Lipinski definition) is 1. The van der Waals surface area contributed by atoms with E-state index in [1.807, 2.05) is 30.3 Å². The first-order valence-corrected chi connectivity index (χ1v) is 7.82. The smallest absolute Gasteiger partial charge is 0.338 e. The van der Waals surface area contributed by atoms with E-state index in [0.717, 1.165) is 19.3 Å². The standard InChI is InChI=1S/C19H19NO3/c1-13(18(21)20-17-8-3-2-4-9-17)23-19(22)16-11-10-14-6-5-7-15(14)12-16/h2-4,8-13H,5-7H2,1H3,(H,20,21)/t13-/m1/s1. The van der Waals surface area contributed by atoms with Crippen LogP contribution in [-0.4, -0.2) is 18.0 Å². The molecule has 1 amide bonds. The lowest BCUT2D eigenvalue weighted by Crippen LogP contribution is -2.30. The van der Waals surface area contributed by atoms with E-state index in [1.54, 1.807) is 25.1 Å². The first kappa shape index (κ1) is 15.3. The number of benzene rings is 2. The van der Waals surface area contributed by atoms with E-state index in [9.17, 15) is 9.59 Å². The maximum Gasteiger partial charge on any atom is 0.338 e. The number of hydrogen-bond acceptors (Lipinski definition) is 3. The molecule has 0 heterocycles. The van der Waals surface area contributed by atoms with Gasteiger partial charge in [0.2, 0.25) is 0 Å². The number of carbonyl (C=O) groups is 2. The van der Waals surface area contributed by atoms with Gasteiger partial charge in [0.1, 0.15) is 0 Å². The van der Waals surface area contributed by atoms with E-state index >= 15 is 0 Å². The molecule has 1 atom stereocenters. The Morgan fingerprint density at radius 3 is 2.57 bits per heavy atom. The highest BCUT2D eigenvalue weighted by Crippen LogP contribution is 2.23. The molecular formula is C19H19NO3. The van der Waals surface area contributed by atoms with Gasteiger partial charge >= 0.3 is 5.97 Å².